The Kier molecular flexibility index (Phi) is 6.53. The van der Waals surface area contributed by atoms with Crippen molar-refractivity contribution in [1.29, 1.82) is 5.26 Å². The Morgan fingerprint density at radius 3 is 2.86 bits per heavy atom. The van der Waals surface area contributed by atoms with E-state index in [4.69, 9.17) is 9.78 Å². The SMILES string of the molecule is CN1CC[C@@H](Nc2cccc3c2cc(-c2noc(CNC(=O)C4CC4C#N)n2)n3CC(F)(F)F)[C@@H](F)C1. The summed E-state index contributed by atoms with van der Waals surface area (Å²) in [5.41, 5.74) is 0.885. The highest BCUT2D eigenvalue weighted by atomic mass is 19.4. The van der Waals surface area contributed by atoms with Gasteiger partial charge in [-0.1, -0.05) is 11.2 Å². The highest BCUT2D eigenvalue weighted by molar-refractivity contribution is 5.96. The highest BCUT2D eigenvalue weighted by Gasteiger charge is 2.43. The summed E-state index contributed by atoms with van der Waals surface area (Å²) in [5, 5.41) is 19.0. The first kappa shape index (κ1) is 25.0. The summed E-state index contributed by atoms with van der Waals surface area (Å²) in [4.78, 5) is 18.2. The molecule has 3 aromatic rings. The van der Waals surface area contributed by atoms with Gasteiger partial charge < -0.3 is 24.6 Å². The third-order valence-corrected chi connectivity index (χ3v) is 6.77. The number of benzene rings is 1. The van der Waals surface area contributed by atoms with E-state index in [9.17, 15) is 22.4 Å². The van der Waals surface area contributed by atoms with Crippen LogP contribution in [0.25, 0.3) is 22.4 Å². The minimum absolute atomic E-state index is 0.0197. The first-order valence-electron chi connectivity index (χ1n) is 11.9. The molecule has 4 atom stereocenters. The molecule has 13 heteroatoms. The van der Waals surface area contributed by atoms with Gasteiger partial charge in [0.2, 0.25) is 17.6 Å². The number of aromatic nitrogens is 3. The lowest BCUT2D eigenvalue weighted by Gasteiger charge is -2.33. The molecular formula is C24H25F4N7O2. The first-order chi connectivity index (χ1) is 17.6. The molecule has 196 valence electrons. The molecule has 5 rings (SSSR count). The zero-order chi connectivity index (χ0) is 26.3. The van der Waals surface area contributed by atoms with Crippen molar-refractivity contribution in [3.05, 3.63) is 30.2 Å². The summed E-state index contributed by atoms with van der Waals surface area (Å²) in [6.07, 6.45) is -4.60. The molecule has 0 radical (unpaired) electrons. The van der Waals surface area contributed by atoms with Gasteiger partial charge in [0.15, 0.2) is 0 Å². The summed E-state index contributed by atoms with van der Waals surface area (Å²) >= 11 is 0. The van der Waals surface area contributed by atoms with Gasteiger partial charge in [0.05, 0.1) is 41.7 Å². The number of carbonyl (C=O) groups excluding carboxylic acids is 1. The predicted octanol–water partition coefficient (Wildman–Crippen LogP) is 3.48. The Morgan fingerprint density at radius 2 is 2.16 bits per heavy atom. The maximum Gasteiger partial charge on any atom is 0.406 e. The molecule has 37 heavy (non-hydrogen) atoms. The number of amides is 1. The molecule has 2 N–H and O–H groups in total. The van der Waals surface area contributed by atoms with E-state index in [0.717, 1.165) is 4.57 Å². The standard InChI is InChI=1S/C24H25F4N7O2/c1-34-6-5-18(16(25)11-34)31-17-3-2-4-19-15(17)8-20(35(19)12-24(26,27)28)22-32-21(37-33-22)10-30-23(36)14-7-13(14)9-29/h2-4,8,13-14,16,18,31H,5-7,10-12H2,1H3,(H,30,36)/t13?,14?,16-,18+/m0/s1. The summed E-state index contributed by atoms with van der Waals surface area (Å²) in [5.74, 6) is -1.04. The summed E-state index contributed by atoms with van der Waals surface area (Å²) < 4.78 is 61.5. The third-order valence-electron chi connectivity index (χ3n) is 6.77. The lowest BCUT2D eigenvalue weighted by atomic mass is 10.0. The molecule has 2 aromatic heterocycles. The second-order valence-corrected chi connectivity index (χ2v) is 9.59. The molecular weight excluding hydrogens is 494 g/mol. The molecule has 1 aromatic carbocycles. The van der Waals surface area contributed by atoms with Crippen molar-refractivity contribution < 1.29 is 26.9 Å². The number of fused-ring (bicyclic) bond motifs is 1. The smallest absolute Gasteiger partial charge is 0.379 e. The largest absolute Gasteiger partial charge is 0.406 e. The minimum atomic E-state index is -4.52. The zero-order valence-electron chi connectivity index (χ0n) is 19.9. The number of carbonyl (C=O) groups is 1. The van der Waals surface area contributed by atoms with Gasteiger partial charge in [-0.05, 0) is 38.1 Å². The Balaban J connectivity index is 1.42. The number of hydrogen-bond acceptors (Lipinski definition) is 7. The quantitative estimate of drug-likeness (QED) is 0.460. The Labute approximate surface area is 209 Å². The number of nitriles is 1. The van der Waals surface area contributed by atoms with Crippen molar-refractivity contribution >= 4 is 22.5 Å². The number of halogens is 4. The lowest BCUT2D eigenvalue weighted by molar-refractivity contribution is -0.139. The second kappa shape index (κ2) is 9.66. The third kappa shape index (κ3) is 5.39. The molecule has 1 amide bonds. The summed E-state index contributed by atoms with van der Waals surface area (Å²) in [6.45, 7) is -0.420. The van der Waals surface area contributed by atoms with Gasteiger partial charge in [0, 0.05) is 24.2 Å². The second-order valence-electron chi connectivity index (χ2n) is 9.59. The van der Waals surface area contributed by atoms with Crippen molar-refractivity contribution in [1.82, 2.24) is 24.9 Å². The molecule has 1 aliphatic heterocycles. The van der Waals surface area contributed by atoms with Crippen LogP contribution in [0.3, 0.4) is 0 Å². The van der Waals surface area contributed by atoms with Crippen LogP contribution in [0.4, 0.5) is 23.2 Å². The number of hydrogen-bond donors (Lipinski definition) is 2. The van der Waals surface area contributed by atoms with E-state index >= 15 is 0 Å². The van der Waals surface area contributed by atoms with E-state index in [0.29, 0.717) is 30.5 Å². The predicted molar refractivity (Wildman–Crippen MR) is 125 cm³/mol. The van der Waals surface area contributed by atoms with Gasteiger partial charge in [-0.2, -0.15) is 23.4 Å². The number of nitrogens with one attached hydrogen (secondary N) is 2. The zero-order valence-corrected chi connectivity index (χ0v) is 19.9. The average molecular weight is 520 g/mol. The Hall–Kier alpha value is -3.66. The summed E-state index contributed by atoms with van der Waals surface area (Å²) in [7, 11) is 1.84. The van der Waals surface area contributed by atoms with Gasteiger partial charge >= 0.3 is 6.18 Å². The van der Waals surface area contributed by atoms with Crippen LogP contribution in [0.15, 0.2) is 28.8 Å². The molecule has 0 spiro atoms. The van der Waals surface area contributed by atoms with E-state index in [1.165, 1.54) is 6.07 Å². The van der Waals surface area contributed by atoms with Crippen LogP contribution in [-0.2, 0) is 17.9 Å². The number of rotatable bonds is 7. The molecule has 0 bridgehead atoms. The molecule has 2 unspecified atom stereocenters. The Morgan fingerprint density at radius 1 is 1.35 bits per heavy atom. The maximum absolute atomic E-state index is 14.6. The van der Waals surface area contributed by atoms with Crippen molar-refractivity contribution in [3.8, 4) is 17.6 Å². The molecule has 1 saturated heterocycles. The van der Waals surface area contributed by atoms with E-state index in [2.05, 4.69) is 20.8 Å². The van der Waals surface area contributed by atoms with E-state index in [-0.39, 0.29) is 53.8 Å². The fraction of sp³-hybridized carbons (Fsp3) is 0.500. The minimum Gasteiger partial charge on any atom is -0.379 e. The Bertz CT molecular complexity index is 1350. The molecule has 3 heterocycles. The first-order valence-corrected chi connectivity index (χ1v) is 11.9. The van der Waals surface area contributed by atoms with Crippen LogP contribution in [0.1, 0.15) is 18.7 Å². The van der Waals surface area contributed by atoms with Crippen LogP contribution in [0.5, 0.6) is 0 Å². The van der Waals surface area contributed by atoms with Crippen molar-refractivity contribution in [2.24, 2.45) is 11.8 Å². The molecule has 2 aliphatic rings. The van der Waals surface area contributed by atoms with Crippen LogP contribution < -0.4 is 10.6 Å². The number of likely N-dealkylation sites (tertiary alicyclic amines) is 1. The maximum atomic E-state index is 14.6. The van der Waals surface area contributed by atoms with Gasteiger partial charge in [-0.15, -0.1) is 0 Å². The van der Waals surface area contributed by atoms with Crippen molar-refractivity contribution in [2.75, 3.05) is 25.5 Å². The van der Waals surface area contributed by atoms with Gasteiger partial charge in [0.25, 0.3) is 0 Å². The molecule has 9 nitrogen and oxygen atoms in total. The molecule has 1 saturated carbocycles. The van der Waals surface area contributed by atoms with Crippen LogP contribution in [0, 0.1) is 23.2 Å². The lowest BCUT2D eigenvalue weighted by Crippen LogP contribution is -2.46. The van der Waals surface area contributed by atoms with Crippen molar-refractivity contribution in [3.63, 3.8) is 0 Å². The highest BCUT2D eigenvalue weighted by Crippen LogP contribution is 2.38. The fourth-order valence-corrected chi connectivity index (χ4v) is 4.72. The van der Waals surface area contributed by atoms with Gasteiger partial charge in [0.1, 0.15) is 12.7 Å². The topological polar surface area (TPSA) is 112 Å². The average Bonchev–Trinajstić information content (AvgIpc) is 3.35. The number of nitrogens with zero attached hydrogens (tertiary/aromatic N) is 5. The fourth-order valence-electron chi connectivity index (χ4n) is 4.72. The number of piperidine rings is 1. The molecule has 1 aliphatic carbocycles. The molecule has 2 fully saturated rings. The van der Waals surface area contributed by atoms with E-state index in [1.807, 2.05) is 18.0 Å². The van der Waals surface area contributed by atoms with E-state index < -0.39 is 24.9 Å². The van der Waals surface area contributed by atoms with Crippen molar-refractivity contribution in [2.45, 2.75) is 44.3 Å². The van der Waals surface area contributed by atoms with Crippen LogP contribution in [0.2, 0.25) is 0 Å². The van der Waals surface area contributed by atoms with Gasteiger partial charge in [-0.3, -0.25) is 4.79 Å². The normalized spacial score (nSPS) is 24.1. The van der Waals surface area contributed by atoms with Gasteiger partial charge in [-0.25, -0.2) is 4.39 Å². The number of anilines is 1. The number of alkyl halides is 4. The monoisotopic (exact) mass is 519 g/mol. The summed E-state index contributed by atoms with van der Waals surface area (Å²) in [6, 6.07) is 7.97. The van der Waals surface area contributed by atoms with Crippen LogP contribution in [-0.4, -0.2) is 64.0 Å². The van der Waals surface area contributed by atoms with E-state index in [1.54, 1.807) is 18.2 Å². The van der Waals surface area contributed by atoms with Crippen LogP contribution >= 0.6 is 0 Å².